The average molecular weight is 504 g/mol. The van der Waals surface area contributed by atoms with Crippen molar-refractivity contribution < 1.29 is 9.18 Å². The molecule has 0 radical (unpaired) electrons. The van der Waals surface area contributed by atoms with E-state index in [1.165, 1.54) is 18.0 Å². The van der Waals surface area contributed by atoms with Crippen molar-refractivity contribution in [3.05, 3.63) is 105 Å². The van der Waals surface area contributed by atoms with E-state index >= 15 is 0 Å². The van der Waals surface area contributed by atoms with Crippen LogP contribution in [0.2, 0.25) is 0 Å². The minimum absolute atomic E-state index is 0.225. The molecule has 3 aromatic carbocycles. The van der Waals surface area contributed by atoms with Crippen molar-refractivity contribution in [2.75, 3.05) is 0 Å². The summed E-state index contributed by atoms with van der Waals surface area (Å²) in [6.45, 7) is 1.39. The molecule has 7 heteroatoms. The summed E-state index contributed by atoms with van der Waals surface area (Å²) < 4.78 is 15.5. The highest BCUT2D eigenvalue weighted by molar-refractivity contribution is 9.10. The van der Waals surface area contributed by atoms with Gasteiger partial charge in [0.1, 0.15) is 5.82 Å². The number of benzene rings is 3. The van der Waals surface area contributed by atoms with Crippen LogP contribution < -0.4 is 5.56 Å². The Kier molecular flexibility index (Phi) is 5.42. The molecule has 1 unspecified atom stereocenters. The lowest BCUT2D eigenvalue weighted by Gasteiger charge is -2.20. The highest BCUT2D eigenvalue weighted by Gasteiger charge is 2.35. The third-order valence-electron chi connectivity index (χ3n) is 5.82. The van der Waals surface area contributed by atoms with Crippen LogP contribution in [0.15, 0.2) is 87.2 Å². The second kappa shape index (κ2) is 8.41. The fourth-order valence-corrected chi connectivity index (χ4v) is 4.75. The largest absolute Gasteiger partial charge is 0.321 e. The molecular formula is C26H19BrFN3O2. The van der Waals surface area contributed by atoms with Crippen molar-refractivity contribution in [1.82, 2.24) is 9.99 Å². The number of hydrazone groups is 1. The Balaban J connectivity index is 1.76. The molecule has 4 aromatic rings. The molecule has 1 aliphatic heterocycles. The Hall–Kier alpha value is -3.58. The van der Waals surface area contributed by atoms with Gasteiger partial charge in [0.2, 0.25) is 5.91 Å². The third-order valence-corrected chi connectivity index (χ3v) is 6.32. The summed E-state index contributed by atoms with van der Waals surface area (Å²) in [5.74, 6) is -0.732. The molecule has 0 saturated heterocycles. The Bertz CT molecular complexity index is 1480. The van der Waals surface area contributed by atoms with Gasteiger partial charge in [0.05, 0.1) is 17.3 Å². The molecular weight excluding hydrogens is 485 g/mol. The molecule has 164 valence electrons. The predicted molar refractivity (Wildman–Crippen MR) is 131 cm³/mol. The second-order valence-electron chi connectivity index (χ2n) is 7.91. The third kappa shape index (κ3) is 3.78. The molecule has 1 N–H and O–H groups in total. The smallest absolute Gasteiger partial charge is 0.258 e. The van der Waals surface area contributed by atoms with Crippen molar-refractivity contribution in [1.29, 1.82) is 0 Å². The van der Waals surface area contributed by atoms with E-state index in [1.807, 2.05) is 48.5 Å². The highest BCUT2D eigenvalue weighted by Crippen LogP contribution is 2.38. The van der Waals surface area contributed by atoms with Crippen LogP contribution >= 0.6 is 15.9 Å². The summed E-state index contributed by atoms with van der Waals surface area (Å²) in [6, 6.07) is 21.0. The SMILES string of the molecule is CC(=O)N1N=C(c2c(-c3ccccc3)c3cc(Br)ccc3[nH]c2=O)CC1c1ccccc1F. The fourth-order valence-electron chi connectivity index (χ4n) is 4.38. The van der Waals surface area contributed by atoms with E-state index in [1.54, 1.807) is 18.2 Å². The Morgan fingerprint density at radius 3 is 2.52 bits per heavy atom. The molecule has 33 heavy (non-hydrogen) atoms. The number of amides is 1. The summed E-state index contributed by atoms with van der Waals surface area (Å²) in [5.41, 5.74) is 3.17. The first kappa shape index (κ1) is 21.3. The van der Waals surface area contributed by atoms with Gasteiger partial charge in [-0.3, -0.25) is 9.59 Å². The number of aromatic nitrogens is 1. The van der Waals surface area contributed by atoms with Crippen LogP contribution in [0.1, 0.15) is 30.5 Å². The summed E-state index contributed by atoms with van der Waals surface area (Å²) in [5, 5.41) is 6.65. The van der Waals surface area contributed by atoms with Gasteiger partial charge in [-0.25, -0.2) is 9.40 Å². The topological polar surface area (TPSA) is 65.5 Å². The summed E-state index contributed by atoms with van der Waals surface area (Å²) in [7, 11) is 0. The Labute approximate surface area is 197 Å². The van der Waals surface area contributed by atoms with Crippen LogP contribution in [0.4, 0.5) is 4.39 Å². The van der Waals surface area contributed by atoms with Gasteiger partial charge in [0.25, 0.3) is 5.56 Å². The van der Waals surface area contributed by atoms with E-state index in [2.05, 4.69) is 26.0 Å². The number of pyridine rings is 1. The van der Waals surface area contributed by atoms with Gasteiger partial charge in [-0.2, -0.15) is 5.10 Å². The zero-order chi connectivity index (χ0) is 23.1. The second-order valence-corrected chi connectivity index (χ2v) is 8.83. The molecule has 1 aromatic heterocycles. The van der Waals surface area contributed by atoms with Gasteiger partial charge in [0, 0.05) is 39.8 Å². The summed E-state index contributed by atoms with van der Waals surface area (Å²) >= 11 is 3.53. The first-order chi connectivity index (χ1) is 15.9. The molecule has 5 nitrogen and oxygen atoms in total. The fraction of sp³-hybridized carbons (Fsp3) is 0.115. The van der Waals surface area contributed by atoms with Gasteiger partial charge in [0.15, 0.2) is 0 Å². The van der Waals surface area contributed by atoms with Crippen LogP contribution in [0, 0.1) is 5.82 Å². The van der Waals surface area contributed by atoms with Crippen LogP contribution in [0.25, 0.3) is 22.0 Å². The van der Waals surface area contributed by atoms with Crippen LogP contribution in [0.3, 0.4) is 0 Å². The maximum atomic E-state index is 14.6. The monoisotopic (exact) mass is 503 g/mol. The summed E-state index contributed by atoms with van der Waals surface area (Å²) in [6.07, 6.45) is 0.225. The van der Waals surface area contributed by atoms with E-state index in [0.29, 0.717) is 22.4 Å². The van der Waals surface area contributed by atoms with Crippen molar-refractivity contribution in [2.45, 2.75) is 19.4 Å². The molecule has 1 atom stereocenters. The van der Waals surface area contributed by atoms with E-state index in [0.717, 1.165) is 21.0 Å². The number of H-pyrrole nitrogens is 1. The van der Waals surface area contributed by atoms with Crippen LogP contribution in [-0.2, 0) is 4.79 Å². The van der Waals surface area contributed by atoms with Crippen molar-refractivity contribution in [2.24, 2.45) is 5.10 Å². The number of carbonyl (C=O) groups is 1. The lowest BCUT2D eigenvalue weighted by atomic mass is 9.91. The van der Waals surface area contributed by atoms with Gasteiger partial charge >= 0.3 is 0 Å². The number of carbonyl (C=O) groups excluding carboxylic acids is 1. The van der Waals surface area contributed by atoms with E-state index in [4.69, 9.17) is 0 Å². The standard InChI is InChI=1S/C26H19BrFN3O2/c1-15(32)31-23(18-9-5-6-10-20(18)28)14-22(30-31)25-24(16-7-3-2-4-8-16)19-13-17(27)11-12-21(19)29-26(25)33/h2-13,23H,14H2,1H3,(H,29,33). The quantitative estimate of drug-likeness (QED) is 0.384. The zero-order valence-corrected chi connectivity index (χ0v) is 19.3. The molecule has 0 spiro atoms. The first-order valence-electron chi connectivity index (χ1n) is 10.5. The van der Waals surface area contributed by atoms with Gasteiger partial charge in [-0.1, -0.05) is 64.5 Å². The number of rotatable bonds is 3. The minimum atomic E-state index is -0.625. The summed E-state index contributed by atoms with van der Waals surface area (Å²) in [4.78, 5) is 28.7. The number of hydrogen-bond acceptors (Lipinski definition) is 3. The molecule has 1 aliphatic rings. The average Bonchev–Trinajstić information content (AvgIpc) is 3.24. The normalized spacial score (nSPS) is 15.7. The van der Waals surface area contributed by atoms with Crippen LogP contribution in [0.5, 0.6) is 0 Å². The maximum Gasteiger partial charge on any atom is 0.258 e. The molecule has 1 amide bonds. The zero-order valence-electron chi connectivity index (χ0n) is 17.7. The van der Waals surface area contributed by atoms with Crippen molar-refractivity contribution in [3.8, 4) is 11.1 Å². The highest BCUT2D eigenvalue weighted by atomic mass is 79.9. The molecule has 5 rings (SSSR count). The maximum absolute atomic E-state index is 14.6. The number of nitrogens with zero attached hydrogens (tertiary/aromatic N) is 2. The van der Waals surface area contributed by atoms with Gasteiger partial charge in [-0.05, 0) is 29.8 Å². The van der Waals surface area contributed by atoms with Crippen LogP contribution in [-0.4, -0.2) is 21.6 Å². The molecule has 0 fully saturated rings. The molecule has 0 saturated carbocycles. The number of aromatic amines is 1. The van der Waals surface area contributed by atoms with E-state index in [-0.39, 0.29) is 17.9 Å². The minimum Gasteiger partial charge on any atom is -0.321 e. The number of hydrogen-bond donors (Lipinski definition) is 1. The Morgan fingerprint density at radius 2 is 1.79 bits per heavy atom. The predicted octanol–water partition coefficient (Wildman–Crippen LogP) is 5.79. The first-order valence-corrected chi connectivity index (χ1v) is 11.3. The van der Waals surface area contributed by atoms with Crippen molar-refractivity contribution >= 4 is 38.5 Å². The van der Waals surface area contributed by atoms with Crippen molar-refractivity contribution in [3.63, 3.8) is 0 Å². The number of halogens is 2. The lowest BCUT2D eigenvalue weighted by molar-refractivity contribution is -0.130. The Morgan fingerprint density at radius 1 is 1.06 bits per heavy atom. The molecule has 2 heterocycles. The molecule has 0 aliphatic carbocycles. The lowest BCUT2D eigenvalue weighted by Crippen LogP contribution is -2.25. The van der Waals surface area contributed by atoms with Gasteiger partial charge in [-0.15, -0.1) is 0 Å². The molecule has 0 bridgehead atoms. The number of nitrogens with one attached hydrogen (secondary N) is 1. The van der Waals surface area contributed by atoms with E-state index < -0.39 is 11.9 Å². The van der Waals surface area contributed by atoms with Gasteiger partial charge < -0.3 is 4.98 Å². The van der Waals surface area contributed by atoms with E-state index in [9.17, 15) is 14.0 Å². The number of fused-ring (bicyclic) bond motifs is 1.